The van der Waals surface area contributed by atoms with Crippen molar-refractivity contribution in [1.29, 1.82) is 0 Å². The fraction of sp³-hybridized carbons (Fsp3) is 0.385. The van der Waals surface area contributed by atoms with E-state index in [0.717, 1.165) is 10.5 Å². The molecule has 102 valence electrons. The maximum atomic E-state index is 12.5. The van der Waals surface area contributed by atoms with Crippen molar-refractivity contribution in [1.82, 2.24) is 0 Å². The second-order valence-corrected chi connectivity index (χ2v) is 4.48. The predicted molar refractivity (Wildman–Crippen MR) is 62.7 cm³/mol. The third-order valence-electron chi connectivity index (χ3n) is 3.28. The summed E-state index contributed by atoms with van der Waals surface area (Å²) in [6.07, 6.45) is -4.81. The van der Waals surface area contributed by atoms with Crippen LogP contribution in [0.25, 0.3) is 0 Å². The summed E-state index contributed by atoms with van der Waals surface area (Å²) in [6.45, 7) is 0. The zero-order valence-electron chi connectivity index (χ0n) is 10.2. The SMILES string of the molecule is CN1C(=O)C(C(=O)C(F)(F)F)CCc2ccccc21. The van der Waals surface area contributed by atoms with Crippen molar-refractivity contribution in [3.63, 3.8) is 0 Å². The molecule has 1 amide bonds. The van der Waals surface area contributed by atoms with E-state index in [1.165, 1.54) is 7.05 Å². The molecule has 1 aliphatic heterocycles. The molecule has 1 atom stereocenters. The van der Waals surface area contributed by atoms with Crippen molar-refractivity contribution >= 4 is 17.4 Å². The van der Waals surface area contributed by atoms with Crippen molar-refractivity contribution in [3.05, 3.63) is 29.8 Å². The minimum absolute atomic E-state index is 0.113. The Hall–Kier alpha value is -1.85. The Kier molecular flexibility index (Phi) is 3.34. The monoisotopic (exact) mass is 271 g/mol. The van der Waals surface area contributed by atoms with Crippen LogP contribution in [0.5, 0.6) is 0 Å². The van der Waals surface area contributed by atoms with Gasteiger partial charge in [-0.2, -0.15) is 13.2 Å². The van der Waals surface area contributed by atoms with Crippen molar-refractivity contribution in [2.24, 2.45) is 5.92 Å². The van der Waals surface area contributed by atoms with E-state index in [9.17, 15) is 22.8 Å². The lowest BCUT2D eigenvalue weighted by molar-refractivity contribution is -0.176. The number of carbonyl (C=O) groups excluding carboxylic acids is 2. The fourth-order valence-electron chi connectivity index (χ4n) is 2.27. The van der Waals surface area contributed by atoms with E-state index in [1.807, 2.05) is 0 Å². The first-order chi connectivity index (χ1) is 8.82. The molecule has 1 aromatic rings. The minimum Gasteiger partial charge on any atom is -0.315 e. The second-order valence-electron chi connectivity index (χ2n) is 4.48. The first kappa shape index (κ1) is 13.6. The van der Waals surface area contributed by atoms with Gasteiger partial charge in [-0.3, -0.25) is 9.59 Å². The molecular formula is C13H12F3NO2. The number of alkyl halides is 3. The Morgan fingerprint density at radius 2 is 1.95 bits per heavy atom. The molecule has 0 aromatic heterocycles. The Bertz CT molecular complexity index is 525. The standard InChI is InChI=1S/C13H12F3NO2/c1-17-10-5-3-2-4-8(10)6-7-9(12(17)19)11(18)13(14,15)16/h2-5,9H,6-7H2,1H3. The number of para-hydroxylation sites is 1. The number of halogens is 3. The van der Waals surface area contributed by atoms with Gasteiger partial charge in [-0.15, -0.1) is 0 Å². The number of Topliss-reactive ketones (excluding diaryl/α,β-unsaturated/α-hetero) is 1. The highest BCUT2D eigenvalue weighted by Gasteiger charge is 2.47. The number of anilines is 1. The van der Waals surface area contributed by atoms with Gasteiger partial charge in [-0.1, -0.05) is 18.2 Å². The zero-order valence-corrected chi connectivity index (χ0v) is 10.2. The molecule has 1 aromatic carbocycles. The van der Waals surface area contributed by atoms with Gasteiger partial charge in [0, 0.05) is 12.7 Å². The Morgan fingerprint density at radius 1 is 1.32 bits per heavy atom. The summed E-state index contributed by atoms with van der Waals surface area (Å²) in [5, 5.41) is 0. The molecule has 1 unspecified atom stereocenters. The maximum Gasteiger partial charge on any atom is 0.450 e. The molecule has 0 bridgehead atoms. The third kappa shape index (κ3) is 2.47. The van der Waals surface area contributed by atoms with E-state index in [0.29, 0.717) is 5.69 Å². The highest BCUT2D eigenvalue weighted by molar-refractivity contribution is 6.10. The van der Waals surface area contributed by atoms with Gasteiger partial charge in [-0.05, 0) is 24.5 Å². The number of fused-ring (bicyclic) bond motifs is 1. The third-order valence-corrected chi connectivity index (χ3v) is 3.28. The van der Waals surface area contributed by atoms with Crippen LogP contribution in [-0.4, -0.2) is 24.9 Å². The Labute approximate surface area is 108 Å². The van der Waals surface area contributed by atoms with Crippen LogP contribution in [-0.2, 0) is 16.0 Å². The van der Waals surface area contributed by atoms with Crippen LogP contribution >= 0.6 is 0 Å². The lowest BCUT2D eigenvalue weighted by Gasteiger charge is -2.21. The molecule has 3 nitrogen and oxygen atoms in total. The van der Waals surface area contributed by atoms with Gasteiger partial charge in [0.15, 0.2) is 0 Å². The van der Waals surface area contributed by atoms with Crippen LogP contribution in [0.3, 0.4) is 0 Å². The summed E-state index contributed by atoms with van der Waals surface area (Å²) in [5.74, 6) is -4.40. The number of carbonyl (C=O) groups is 2. The number of hydrogen-bond acceptors (Lipinski definition) is 2. The molecule has 0 spiro atoms. The van der Waals surface area contributed by atoms with Crippen LogP contribution < -0.4 is 4.90 Å². The summed E-state index contributed by atoms with van der Waals surface area (Å²) < 4.78 is 37.4. The Balaban J connectivity index is 2.35. The van der Waals surface area contributed by atoms with Crippen molar-refractivity contribution < 1.29 is 22.8 Å². The van der Waals surface area contributed by atoms with Gasteiger partial charge in [0.25, 0.3) is 0 Å². The van der Waals surface area contributed by atoms with Crippen LogP contribution in [0, 0.1) is 5.92 Å². The van der Waals surface area contributed by atoms with Gasteiger partial charge in [0.05, 0.1) is 0 Å². The molecule has 0 fully saturated rings. The van der Waals surface area contributed by atoms with E-state index in [4.69, 9.17) is 0 Å². The number of aryl methyl sites for hydroxylation is 1. The summed E-state index contributed by atoms with van der Waals surface area (Å²) in [6, 6.07) is 6.87. The normalized spacial score (nSPS) is 19.9. The lowest BCUT2D eigenvalue weighted by Crippen LogP contribution is -2.41. The maximum absolute atomic E-state index is 12.5. The highest BCUT2D eigenvalue weighted by Crippen LogP contribution is 2.32. The van der Waals surface area contributed by atoms with Crippen LogP contribution in [0.4, 0.5) is 18.9 Å². The van der Waals surface area contributed by atoms with Gasteiger partial charge < -0.3 is 4.90 Å². The number of hydrogen-bond donors (Lipinski definition) is 0. The van der Waals surface area contributed by atoms with E-state index < -0.39 is 23.8 Å². The van der Waals surface area contributed by atoms with E-state index >= 15 is 0 Å². The van der Waals surface area contributed by atoms with Crippen molar-refractivity contribution in [2.75, 3.05) is 11.9 Å². The first-order valence-electron chi connectivity index (χ1n) is 5.79. The molecule has 1 aliphatic rings. The Morgan fingerprint density at radius 3 is 2.58 bits per heavy atom. The van der Waals surface area contributed by atoms with E-state index in [-0.39, 0.29) is 12.8 Å². The molecule has 1 heterocycles. The molecule has 0 saturated carbocycles. The zero-order chi connectivity index (χ0) is 14.2. The molecule has 2 rings (SSSR count). The average molecular weight is 271 g/mol. The lowest BCUT2D eigenvalue weighted by atomic mass is 9.96. The molecule has 19 heavy (non-hydrogen) atoms. The number of amides is 1. The molecular weight excluding hydrogens is 259 g/mol. The molecule has 0 radical (unpaired) electrons. The van der Waals surface area contributed by atoms with Crippen molar-refractivity contribution in [3.8, 4) is 0 Å². The van der Waals surface area contributed by atoms with Gasteiger partial charge >= 0.3 is 6.18 Å². The van der Waals surface area contributed by atoms with Gasteiger partial charge in [0.2, 0.25) is 11.7 Å². The van der Waals surface area contributed by atoms with Crippen LogP contribution in [0.2, 0.25) is 0 Å². The molecule has 6 heteroatoms. The van der Waals surface area contributed by atoms with E-state index in [1.54, 1.807) is 24.3 Å². The summed E-state index contributed by atoms with van der Waals surface area (Å²) in [7, 11) is 1.39. The summed E-state index contributed by atoms with van der Waals surface area (Å²) >= 11 is 0. The fourth-order valence-corrected chi connectivity index (χ4v) is 2.27. The molecule has 0 saturated heterocycles. The van der Waals surface area contributed by atoms with Crippen LogP contribution in [0.1, 0.15) is 12.0 Å². The second kappa shape index (κ2) is 4.68. The quantitative estimate of drug-likeness (QED) is 0.735. The number of rotatable bonds is 1. The highest BCUT2D eigenvalue weighted by atomic mass is 19.4. The summed E-state index contributed by atoms with van der Waals surface area (Å²) in [4.78, 5) is 24.4. The number of benzene rings is 1. The van der Waals surface area contributed by atoms with Crippen LogP contribution in [0.15, 0.2) is 24.3 Å². The van der Waals surface area contributed by atoms with Gasteiger partial charge in [0.1, 0.15) is 5.92 Å². The van der Waals surface area contributed by atoms with E-state index in [2.05, 4.69) is 0 Å². The average Bonchev–Trinajstić information content (AvgIpc) is 2.47. The predicted octanol–water partition coefficient (Wildman–Crippen LogP) is 2.34. The molecule has 0 N–H and O–H groups in total. The molecule has 0 aliphatic carbocycles. The first-order valence-corrected chi connectivity index (χ1v) is 5.79. The largest absolute Gasteiger partial charge is 0.450 e. The number of nitrogens with zero attached hydrogens (tertiary/aromatic N) is 1. The smallest absolute Gasteiger partial charge is 0.315 e. The van der Waals surface area contributed by atoms with Gasteiger partial charge in [-0.25, -0.2) is 0 Å². The number of ketones is 1. The summed E-state index contributed by atoms with van der Waals surface area (Å²) in [5.41, 5.74) is 1.33. The minimum atomic E-state index is -4.97. The van der Waals surface area contributed by atoms with Crippen molar-refractivity contribution in [2.45, 2.75) is 19.0 Å². The topological polar surface area (TPSA) is 37.4 Å².